The Bertz CT molecular complexity index is 368. The maximum atomic E-state index is 4.57. The zero-order valence-electron chi connectivity index (χ0n) is 13.5. The number of aryl methyl sites for hydroxylation is 1. The van der Waals surface area contributed by atoms with Gasteiger partial charge in [0.25, 0.3) is 0 Å². The van der Waals surface area contributed by atoms with E-state index in [-0.39, 0.29) is 0 Å². The molecule has 5 heteroatoms. The molecule has 2 N–H and O–H groups in total. The van der Waals surface area contributed by atoms with Gasteiger partial charge in [0.1, 0.15) is 17.5 Å². The van der Waals surface area contributed by atoms with Gasteiger partial charge in [-0.1, -0.05) is 6.92 Å². The fourth-order valence-electron chi connectivity index (χ4n) is 1.81. The van der Waals surface area contributed by atoms with Gasteiger partial charge in [-0.15, -0.1) is 0 Å². The molecule has 0 amide bonds. The number of anilines is 2. The SMILES string of the molecule is CCCc1nc(NCC)cc(NCCN(C)C(C)C)n1. The van der Waals surface area contributed by atoms with E-state index < -0.39 is 0 Å². The minimum atomic E-state index is 0.565. The van der Waals surface area contributed by atoms with Gasteiger partial charge >= 0.3 is 0 Å². The monoisotopic (exact) mass is 279 g/mol. The summed E-state index contributed by atoms with van der Waals surface area (Å²) in [5.41, 5.74) is 0. The predicted octanol–water partition coefficient (Wildman–Crippen LogP) is 2.61. The van der Waals surface area contributed by atoms with E-state index in [0.29, 0.717) is 6.04 Å². The van der Waals surface area contributed by atoms with Crippen molar-refractivity contribution in [2.75, 3.05) is 37.3 Å². The molecule has 0 aliphatic carbocycles. The van der Waals surface area contributed by atoms with Crippen LogP contribution >= 0.6 is 0 Å². The van der Waals surface area contributed by atoms with Crippen molar-refractivity contribution in [3.63, 3.8) is 0 Å². The lowest BCUT2D eigenvalue weighted by molar-refractivity contribution is 0.284. The highest BCUT2D eigenvalue weighted by molar-refractivity contribution is 5.47. The van der Waals surface area contributed by atoms with Crippen LogP contribution in [0.1, 0.15) is 39.9 Å². The standard InChI is InChI=1S/C15H29N5/c1-6-8-13-18-14(16-7-2)11-15(19-13)17-9-10-20(5)12(3)4/h11-12H,6-10H2,1-5H3,(H2,16,17,18,19). The van der Waals surface area contributed by atoms with Gasteiger partial charge in [0.05, 0.1) is 0 Å². The fourth-order valence-corrected chi connectivity index (χ4v) is 1.81. The molecule has 5 nitrogen and oxygen atoms in total. The normalized spacial score (nSPS) is 11.2. The Morgan fingerprint density at radius 3 is 2.35 bits per heavy atom. The summed E-state index contributed by atoms with van der Waals surface area (Å²) in [5.74, 6) is 2.73. The molecule has 0 aromatic carbocycles. The Balaban J connectivity index is 2.63. The van der Waals surface area contributed by atoms with E-state index >= 15 is 0 Å². The van der Waals surface area contributed by atoms with Crippen LogP contribution in [-0.4, -0.2) is 47.6 Å². The van der Waals surface area contributed by atoms with Crippen molar-refractivity contribution in [2.24, 2.45) is 0 Å². The van der Waals surface area contributed by atoms with E-state index in [0.717, 1.165) is 49.9 Å². The number of nitrogens with zero attached hydrogens (tertiary/aromatic N) is 3. The van der Waals surface area contributed by atoms with Crippen molar-refractivity contribution in [1.29, 1.82) is 0 Å². The van der Waals surface area contributed by atoms with Crippen LogP contribution in [0.3, 0.4) is 0 Å². The Kier molecular flexibility index (Phi) is 7.30. The first-order chi connectivity index (χ1) is 9.56. The van der Waals surface area contributed by atoms with Gasteiger partial charge in [-0.25, -0.2) is 9.97 Å². The summed E-state index contributed by atoms with van der Waals surface area (Å²) < 4.78 is 0. The largest absolute Gasteiger partial charge is 0.370 e. The molecule has 1 aromatic heterocycles. The molecule has 0 saturated carbocycles. The van der Waals surface area contributed by atoms with Crippen LogP contribution in [0.2, 0.25) is 0 Å². The molecule has 1 heterocycles. The average Bonchev–Trinajstić information content (AvgIpc) is 2.39. The first-order valence-electron chi connectivity index (χ1n) is 7.62. The molecule has 1 rings (SSSR count). The number of nitrogens with one attached hydrogen (secondary N) is 2. The van der Waals surface area contributed by atoms with Gasteiger partial charge in [0, 0.05) is 38.2 Å². The highest BCUT2D eigenvalue weighted by Crippen LogP contribution is 2.12. The van der Waals surface area contributed by atoms with Gasteiger partial charge in [-0.3, -0.25) is 0 Å². The second kappa shape index (κ2) is 8.74. The number of hydrogen-bond acceptors (Lipinski definition) is 5. The first kappa shape index (κ1) is 16.7. The Morgan fingerprint density at radius 2 is 1.80 bits per heavy atom. The maximum Gasteiger partial charge on any atom is 0.133 e. The lowest BCUT2D eigenvalue weighted by Gasteiger charge is -2.21. The topological polar surface area (TPSA) is 53.1 Å². The smallest absolute Gasteiger partial charge is 0.133 e. The number of hydrogen-bond donors (Lipinski definition) is 2. The molecule has 0 atom stereocenters. The molecule has 0 bridgehead atoms. The van der Waals surface area contributed by atoms with E-state index in [1.54, 1.807) is 0 Å². The van der Waals surface area contributed by atoms with Gasteiger partial charge < -0.3 is 15.5 Å². The summed E-state index contributed by atoms with van der Waals surface area (Å²) in [4.78, 5) is 11.4. The highest BCUT2D eigenvalue weighted by atomic mass is 15.1. The van der Waals surface area contributed by atoms with Crippen LogP contribution in [0, 0.1) is 0 Å². The van der Waals surface area contributed by atoms with Crippen LogP contribution in [0.25, 0.3) is 0 Å². The van der Waals surface area contributed by atoms with Crippen molar-refractivity contribution in [2.45, 2.75) is 46.6 Å². The Morgan fingerprint density at radius 1 is 1.15 bits per heavy atom. The molecule has 0 unspecified atom stereocenters. The third kappa shape index (κ3) is 5.74. The third-order valence-electron chi connectivity index (χ3n) is 3.26. The average molecular weight is 279 g/mol. The van der Waals surface area contributed by atoms with Crippen molar-refractivity contribution < 1.29 is 0 Å². The van der Waals surface area contributed by atoms with Crippen LogP contribution in [0.5, 0.6) is 0 Å². The van der Waals surface area contributed by atoms with Crippen LogP contribution < -0.4 is 10.6 Å². The molecule has 0 spiro atoms. The van der Waals surface area contributed by atoms with Crippen molar-refractivity contribution in [3.8, 4) is 0 Å². The van der Waals surface area contributed by atoms with Gasteiger partial charge in [-0.2, -0.15) is 0 Å². The summed E-state index contributed by atoms with van der Waals surface area (Å²) in [6.45, 7) is 11.4. The van der Waals surface area contributed by atoms with Crippen LogP contribution in [0.4, 0.5) is 11.6 Å². The van der Waals surface area contributed by atoms with E-state index in [1.165, 1.54) is 0 Å². The van der Waals surface area contributed by atoms with Gasteiger partial charge in [-0.05, 0) is 34.2 Å². The second-order valence-electron chi connectivity index (χ2n) is 5.34. The molecule has 0 saturated heterocycles. The summed E-state index contributed by atoms with van der Waals surface area (Å²) in [5, 5.41) is 6.66. The molecule has 0 radical (unpaired) electrons. The minimum Gasteiger partial charge on any atom is -0.370 e. The van der Waals surface area contributed by atoms with Gasteiger partial charge in [0.15, 0.2) is 0 Å². The number of likely N-dealkylation sites (N-methyl/N-ethyl adjacent to an activating group) is 1. The number of rotatable bonds is 9. The molecule has 1 aromatic rings. The lowest BCUT2D eigenvalue weighted by Crippen LogP contribution is -2.31. The van der Waals surface area contributed by atoms with E-state index in [1.807, 2.05) is 6.07 Å². The highest BCUT2D eigenvalue weighted by Gasteiger charge is 2.05. The van der Waals surface area contributed by atoms with Crippen molar-refractivity contribution in [1.82, 2.24) is 14.9 Å². The Hall–Kier alpha value is -1.36. The molecule has 114 valence electrons. The molecule has 0 aliphatic rings. The third-order valence-corrected chi connectivity index (χ3v) is 3.26. The lowest BCUT2D eigenvalue weighted by atomic mass is 10.3. The quantitative estimate of drug-likeness (QED) is 0.728. The summed E-state index contributed by atoms with van der Waals surface area (Å²) in [7, 11) is 2.14. The zero-order chi connectivity index (χ0) is 15.0. The van der Waals surface area contributed by atoms with E-state index in [2.05, 4.69) is 60.2 Å². The molecule has 0 fully saturated rings. The second-order valence-corrected chi connectivity index (χ2v) is 5.34. The van der Waals surface area contributed by atoms with Crippen LogP contribution in [-0.2, 0) is 6.42 Å². The summed E-state index contributed by atoms with van der Waals surface area (Å²) in [6.07, 6.45) is 1.98. The first-order valence-corrected chi connectivity index (χ1v) is 7.62. The minimum absolute atomic E-state index is 0.565. The predicted molar refractivity (Wildman–Crippen MR) is 86.4 cm³/mol. The Labute approximate surface area is 123 Å². The molecular weight excluding hydrogens is 250 g/mol. The summed E-state index contributed by atoms with van der Waals surface area (Å²) in [6, 6.07) is 2.55. The molecular formula is C15H29N5. The van der Waals surface area contributed by atoms with E-state index in [9.17, 15) is 0 Å². The summed E-state index contributed by atoms with van der Waals surface area (Å²) >= 11 is 0. The van der Waals surface area contributed by atoms with Crippen LogP contribution in [0.15, 0.2) is 6.07 Å². The molecule has 0 aliphatic heterocycles. The fraction of sp³-hybridized carbons (Fsp3) is 0.733. The van der Waals surface area contributed by atoms with E-state index in [4.69, 9.17) is 0 Å². The van der Waals surface area contributed by atoms with Crippen molar-refractivity contribution >= 4 is 11.6 Å². The number of aromatic nitrogens is 2. The maximum absolute atomic E-state index is 4.57. The zero-order valence-corrected chi connectivity index (χ0v) is 13.5. The van der Waals surface area contributed by atoms with Crippen molar-refractivity contribution in [3.05, 3.63) is 11.9 Å². The molecule has 20 heavy (non-hydrogen) atoms. The van der Waals surface area contributed by atoms with Gasteiger partial charge in [0.2, 0.25) is 0 Å².